The number of fused-ring (bicyclic) bond motifs is 3. The molecule has 28 heavy (non-hydrogen) atoms. The van der Waals surface area contributed by atoms with Gasteiger partial charge in [-0.3, -0.25) is 9.59 Å². The van der Waals surface area contributed by atoms with Crippen LogP contribution in [0.2, 0.25) is 0 Å². The maximum absolute atomic E-state index is 12.8. The van der Waals surface area contributed by atoms with E-state index in [1.807, 2.05) is 42.5 Å². The van der Waals surface area contributed by atoms with Crippen molar-refractivity contribution in [2.45, 2.75) is 37.2 Å². The molecule has 148 valence electrons. The third kappa shape index (κ3) is 3.35. The third-order valence-corrected chi connectivity index (χ3v) is 6.08. The Labute approximate surface area is 173 Å². The van der Waals surface area contributed by atoms with E-state index in [2.05, 4.69) is 15.9 Å². The molecule has 6 heteroatoms. The number of unbranched alkanes of at least 4 members (excludes halogenated alkanes) is 1. The van der Waals surface area contributed by atoms with Crippen molar-refractivity contribution in [1.29, 1.82) is 0 Å². The number of aliphatic carboxylic acids is 1. The molecule has 0 spiro atoms. The van der Waals surface area contributed by atoms with Crippen LogP contribution in [0.1, 0.15) is 48.5 Å². The van der Waals surface area contributed by atoms with Crippen LogP contribution in [-0.2, 0) is 19.7 Å². The summed E-state index contributed by atoms with van der Waals surface area (Å²) >= 11 is 3.43. The van der Waals surface area contributed by atoms with Crippen LogP contribution < -0.4 is 5.73 Å². The van der Waals surface area contributed by atoms with Crippen LogP contribution >= 0.6 is 15.9 Å². The predicted molar refractivity (Wildman–Crippen MR) is 112 cm³/mol. The fourth-order valence-corrected chi connectivity index (χ4v) is 4.74. The highest BCUT2D eigenvalue weighted by molar-refractivity contribution is 9.09. The molecule has 0 radical (unpaired) electrons. The van der Waals surface area contributed by atoms with E-state index in [1.165, 1.54) is 7.11 Å². The minimum Gasteiger partial charge on any atom is -0.480 e. The minimum atomic E-state index is -1.17. The summed E-state index contributed by atoms with van der Waals surface area (Å²) in [6.07, 6.45) is 1.52. The van der Waals surface area contributed by atoms with Crippen molar-refractivity contribution in [1.82, 2.24) is 0 Å². The van der Waals surface area contributed by atoms with Crippen molar-refractivity contribution in [2.75, 3.05) is 12.4 Å². The molecule has 2 unspecified atom stereocenters. The molecule has 2 atom stereocenters. The number of amides is 1. The summed E-state index contributed by atoms with van der Waals surface area (Å²) < 4.78 is 5.57. The number of alkyl halides is 1. The number of carboxylic acid groups (broad SMARTS) is 1. The van der Waals surface area contributed by atoms with E-state index >= 15 is 0 Å². The lowest BCUT2D eigenvalue weighted by Crippen LogP contribution is -2.36. The lowest BCUT2D eigenvalue weighted by molar-refractivity contribution is -0.142. The maximum Gasteiger partial charge on any atom is 0.318 e. The molecule has 2 aromatic rings. The molecule has 0 aromatic heterocycles. The molecule has 3 rings (SSSR count). The van der Waals surface area contributed by atoms with Gasteiger partial charge in [0.1, 0.15) is 5.41 Å². The third-order valence-electron chi connectivity index (χ3n) is 5.52. The fourth-order valence-electron chi connectivity index (χ4n) is 4.34. The van der Waals surface area contributed by atoms with Gasteiger partial charge in [0.25, 0.3) is 0 Å². The number of carboxylic acids is 1. The van der Waals surface area contributed by atoms with E-state index in [-0.39, 0.29) is 6.42 Å². The number of hydrogen-bond donors (Lipinski definition) is 2. The second-order valence-electron chi connectivity index (χ2n) is 7.07. The Morgan fingerprint density at radius 3 is 2.50 bits per heavy atom. The van der Waals surface area contributed by atoms with E-state index in [4.69, 9.17) is 10.5 Å². The molecule has 0 fully saturated rings. The molecule has 2 aromatic carbocycles. The molecule has 5 nitrogen and oxygen atoms in total. The van der Waals surface area contributed by atoms with Crippen LogP contribution in [-0.4, -0.2) is 29.4 Å². The molecule has 1 aliphatic carbocycles. The number of primary amides is 1. The van der Waals surface area contributed by atoms with Gasteiger partial charge in [-0.2, -0.15) is 0 Å². The molecule has 1 amide bonds. The van der Waals surface area contributed by atoms with Crippen molar-refractivity contribution in [2.24, 2.45) is 5.73 Å². The SMILES string of the molecule is COC(CC(N)=O)c1cccc2c1C(CCCCBr)(C(=O)O)c1ccccc1-2. The van der Waals surface area contributed by atoms with E-state index in [0.717, 1.165) is 46.0 Å². The first kappa shape index (κ1) is 20.6. The van der Waals surface area contributed by atoms with Crippen LogP contribution in [0.5, 0.6) is 0 Å². The van der Waals surface area contributed by atoms with Crippen molar-refractivity contribution < 1.29 is 19.4 Å². The standard InChI is InChI=1S/C22H24BrNO4/c1-28-18(13-19(24)25)16-9-6-8-15-14-7-2-3-10-17(14)22(20(15)16,21(26)27)11-4-5-12-23/h2-3,6-10,18H,4-5,11-13H2,1H3,(H2,24,25)(H,26,27). The topological polar surface area (TPSA) is 89.6 Å². The summed E-state index contributed by atoms with van der Waals surface area (Å²) in [5, 5.41) is 11.3. The first-order valence-electron chi connectivity index (χ1n) is 9.31. The average Bonchev–Trinajstić information content (AvgIpc) is 2.98. The van der Waals surface area contributed by atoms with Gasteiger partial charge in [0.2, 0.25) is 5.91 Å². The Bertz CT molecular complexity index is 898. The molecule has 3 N–H and O–H groups in total. The molecule has 0 heterocycles. The van der Waals surface area contributed by atoms with Crippen LogP contribution in [0.25, 0.3) is 11.1 Å². The maximum atomic E-state index is 12.8. The summed E-state index contributed by atoms with van der Waals surface area (Å²) in [6.45, 7) is 0. The molecule has 0 saturated heterocycles. The Hall–Kier alpha value is -2.18. The van der Waals surface area contributed by atoms with Gasteiger partial charge in [-0.15, -0.1) is 0 Å². The quantitative estimate of drug-likeness (QED) is 0.447. The zero-order valence-electron chi connectivity index (χ0n) is 15.8. The Balaban J connectivity index is 2.27. The summed E-state index contributed by atoms with van der Waals surface area (Å²) in [5.74, 6) is -1.37. The normalized spacial score (nSPS) is 18.4. The monoisotopic (exact) mass is 445 g/mol. The molecule has 0 aliphatic heterocycles. The van der Waals surface area contributed by atoms with Crippen molar-refractivity contribution in [3.8, 4) is 11.1 Å². The van der Waals surface area contributed by atoms with E-state index in [0.29, 0.717) is 6.42 Å². The summed E-state index contributed by atoms with van der Waals surface area (Å²) in [4.78, 5) is 24.4. The largest absolute Gasteiger partial charge is 0.480 e. The molecular weight excluding hydrogens is 422 g/mol. The van der Waals surface area contributed by atoms with Gasteiger partial charge in [-0.05, 0) is 40.7 Å². The number of carbonyl (C=O) groups excluding carboxylic acids is 1. The van der Waals surface area contributed by atoms with Crippen LogP contribution in [0.3, 0.4) is 0 Å². The summed E-state index contributed by atoms with van der Waals surface area (Å²) in [6, 6.07) is 13.3. The van der Waals surface area contributed by atoms with Crippen LogP contribution in [0.15, 0.2) is 42.5 Å². The van der Waals surface area contributed by atoms with Crippen molar-refractivity contribution >= 4 is 27.8 Å². The molecular formula is C22H24BrNO4. The highest BCUT2D eigenvalue weighted by Gasteiger charge is 2.50. The lowest BCUT2D eigenvalue weighted by atomic mass is 9.72. The Morgan fingerprint density at radius 1 is 1.14 bits per heavy atom. The van der Waals surface area contributed by atoms with E-state index < -0.39 is 23.4 Å². The van der Waals surface area contributed by atoms with Gasteiger partial charge in [0, 0.05) is 12.4 Å². The van der Waals surface area contributed by atoms with Gasteiger partial charge in [-0.1, -0.05) is 64.8 Å². The smallest absolute Gasteiger partial charge is 0.318 e. The number of halogens is 1. The highest BCUT2D eigenvalue weighted by atomic mass is 79.9. The minimum absolute atomic E-state index is 0.000394. The second-order valence-corrected chi connectivity index (χ2v) is 7.86. The van der Waals surface area contributed by atoms with Gasteiger partial charge in [0.05, 0.1) is 12.5 Å². The molecule has 0 bridgehead atoms. The summed E-state index contributed by atoms with van der Waals surface area (Å²) in [7, 11) is 1.52. The number of benzene rings is 2. The zero-order valence-corrected chi connectivity index (χ0v) is 17.4. The van der Waals surface area contributed by atoms with E-state index in [9.17, 15) is 14.7 Å². The van der Waals surface area contributed by atoms with Gasteiger partial charge in [0.15, 0.2) is 0 Å². The zero-order chi connectivity index (χ0) is 20.3. The van der Waals surface area contributed by atoms with Crippen molar-refractivity contribution in [3.63, 3.8) is 0 Å². The second kappa shape index (κ2) is 8.45. The number of ether oxygens (including phenoxy) is 1. The number of rotatable bonds is 9. The van der Waals surface area contributed by atoms with Crippen LogP contribution in [0, 0.1) is 0 Å². The van der Waals surface area contributed by atoms with Crippen molar-refractivity contribution in [3.05, 3.63) is 59.2 Å². The lowest BCUT2D eigenvalue weighted by Gasteiger charge is -2.31. The molecule has 1 aliphatic rings. The van der Waals surface area contributed by atoms with Gasteiger partial charge < -0.3 is 15.6 Å². The highest BCUT2D eigenvalue weighted by Crippen LogP contribution is 2.54. The first-order valence-corrected chi connectivity index (χ1v) is 10.4. The molecule has 0 saturated carbocycles. The van der Waals surface area contributed by atoms with Gasteiger partial charge in [-0.25, -0.2) is 0 Å². The number of carbonyl (C=O) groups is 2. The number of methoxy groups -OCH3 is 1. The Morgan fingerprint density at radius 2 is 1.86 bits per heavy atom. The summed E-state index contributed by atoms with van der Waals surface area (Å²) in [5.41, 5.74) is 8.31. The van der Waals surface area contributed by atoms with Crippen LogP contribution in [0.4, 0.5) is 0 Å². The Kier molecular flexibility index (Phi) is 6.20. The fraction of sp³-hybridized carbons (Fsp3) is 0.364. The number of nitrogens with two attached hydrogens (primary N) is 1. The first-order chi connectivity index (χ1) is 13.5. The number of hydrogen-bond acceptors (Lipinski definition) is 3. The average molecular weight is 446 g/mol. The van der Waals surface area contributed by atoms with E-state index in [1.54, 1.807) is 0 Å². The van der Waals surface area contributed by atoms with Gasteiger partial charge >= 0.3 is 5.97 Å². The predicted octanol–water partition coefficient (Wildman–Crippen LogP) is 4.17.